The highest BCUT2D eigenvalue weighted by atomic mass is 79.9. The number of nitrogens with one attached hydrogen (secondary N) is 1. The van der Waals surface area contributed by atoms with Crippen LogP contribution in [-0.2, 0) is 0 Å². The first-order valence-electron chi connectivity index (χ1n) is 4.99. The van der Waals surface area contributed by atoms with Gasteiger partial charge in [0, 0.05) is 15.0 Å². The number of methoxy groups -OCH3 is 1. The van der Waals surface area contributed by atoms with E-state index < -0.39 is 0 Å². The second kappa shape index (κ2) is 5.86. The minimum atomic E-state index is -0.147. The summed E-state index contributed by atoms with van der Waals surface area (Å²) in [5, 5.41) is 4.70. The zero-order chi connectivity index (χ0) is 13.1. The number of hydrogen-bond acceptors (Lipinski definition) is 3. The van der Waals surface area contributed by atoms with E-state index in [-0.39, 0.29) is 5.91 Å². The van der Waals surface area contributed by atoms with Crippen LogP contribution >= 0.6 is 43.2 Å². The van der Waals surface area contributed by atoms with E-state index in [1.807, 2.05) is 23.6 Å². The Balaban J connectivity index is 2.24. The number of thiophene rings is 1. The number of hydrogen-bond donors (Lipinski definition) is 1. The lowest BCUT2D eigenvalue weighted by Gasteiger charge is -2.08. The molecule has 1 N–H and O–H groups in total. The van der Waals surface area contributed by atoms with E-state index in [9.17, 15) is 4.79 Å². The van der Waals surface area contributed by atoms with Crippen LogP contribution in [0.15, 0.2) is 38.6 Å². The van der Waals surface area contributed by atoms with Gasteiger partial charge < -0.3 is 10.1 Å². The molecule has 0 aliphatic heterocycles. The Kier molecular flexibility index (Phi) is 4.42. The zero-order valence-electron chi connectivity index (χ0n) is 9.37. The van der Waals surface area contributed by atoms with Gasteiger partial charge in [-0.05, 0) is 55.4 Å². The first-order chi connectivity index (χ1) is 8.61. The first kappa shape index (κ1) is 13.6. The molecule has 0 atom stereocenters. The van der Waals surface area contributed by atoms with Crippen LogP contribution < -0.4 is 10.1 Å². The minimum absolute atomic E-state index is 0.147. The van der Waals surface area contributed by atoms with Gasteiger partial charge in [-0.2, -0.15) is 0 Å². The lowest BCUT2D eigenvalue weighted by atomic mass is 10.3. The highest BCUT2D eigenvalue weighted by Crippen LogP contribution is 2.29. The van der Waals surface area contributed by atoms with Crippen molar-refractivity contribution in [3.63, 3.8) is 0 Å². The molecular formula is C12H9Br2NO2S. The second-order valence-electron chi connectivity index (χ2n) is 3.40. The molecule has 1 aromatic carbocycles. The molecule has 18 heavy (non-hydrogen) atoms. The average molecular weight is 391 g/mol. The van der Waals surface area contributed by atoms with Crippen LogP contribution in [0.3, 0.4) is 0 Å². The molecule has 0 unspecified atom stereocenters. The van der Waals surface area contributed by atoms with Crippen molar-refractivity contribution in [3.05, 3.63) is 43.5 Å². The predicted octanol–water partition coefficient (Wildman–Crippen LogP) is 4.53. The lowest BCUT2D eigenvalue weighted by Crippen LogP contribution is -2.11. The van der Waals surface area contributed by atoms with Crippen molar-refractivity contribution < 1.29 is 9.53 Å². The molecular weight excluding hydrogens is 382 g/mol. The number of halogens is 2. The number of rotatable bonds is 3. The molecule has 0 spiro atoms. The van der Waals surface area contributed by atoms with Gasteiger partial charge in [-0.1, -0.05) is 0 Å². The van der Waals surface area contributed by atoms with Crippen molar-refractivity contribution in [1.29, 1.82) is 0 Å². The summed E-state index contributed by atoms with van der Waals surface area (Å²) in [6.07, 6.45) is 0. The highest BCUT2D eigenvalue weighted by Gasteiger charge is 2.13. The lowest BCUT2D eigenvalue weighted by molar-refractivity contribution is 0.103. The number of anilines is 1. The first-order valence-corrected chi connectivity index (χ1v) is 7.46. The number of carbonyl (C=O) groups is 1. The van der Waals surface area contributed by atoms with E-state index >= 15 is 0 Å². The summed E-state index contributed by atoms with van der Waals surface area (Å²) < 4.78 is 6.73. The molecule has 1 aromatic heterocycles. The van der Waals surface area contributed by atoms with E-state index in [4.69, 9.17) is 4.74 Å². The molecule has 3 nitrogen and oxygen atoms in total. The maximum Gasteiger partial charge on any atom is 0.266 e. The van der Waals surface area contributed by atoms with Crippen LogP contribution in [0.4, 0.5) is 5.69 Å². The van der Waals surface area contributed by atoms with Crippen molar-refractivity contribution in [2.45, 2.75) is 0 Å². The summed E-state index contributed by atoms with van der Waals surface area (Å²) in [5.74, 6) is 0.546. The molecule has 2 aromatic rings. The van der Waals surface area contributed by atoms with Gasteiger partial charge >= 0.3 is 0 Å². The van der Waals surface area contributed by atoms with Gasteiger partial charge in [-0.15, -0.1) is 11.3 Å². The molecule has 1 amide bonds. The normalized spacial score (nSPS) is 10.2. The zero-order valence-corrected chi connectivity index (χ0v) is 13.4. The molecule has 1 heterocycles. The Morgan fingerprint density at radius 1 is 1.28 bits per heavy atom. The predicted molar refractivity (Wildman–Crippen MR) is 80.7 cm³/mol. The van der Waals surface area contributed by atoms with E-state index in [1.165, 1.54) is 11.3 Å². The van der Waals surface area contributed by atoms with E-state index in [0.717, 1.165) is 8.95 Å². The molecule has 2 rings (SSSR count). The van der Waals surface area contributed by atoms with Crippen LogP contribution in [0.1, 0.15) is 9.67 Å². The minimum Gasteiger partial charge on any atom is -0.497 e. The fourth-order valence-corrected chi connectivity index (χ4v) is 3.15. The molecule has 0 radical (unpaired) electrons. The second-order valence-corrected chi connectivity index (χ2v) is 6.02. The Morgan fingerprint density at radius 3 is 2.67 bits per heavy atom. The fraction of sp³-hybridized carbons (Fsp3) is 0.0833. The van der Waals surface area contributed by atoms with Crippen molar-refractivity contribution in [3.8, 4) is 5.75 Å². The third-order valence-corrected chi connectivity index (χ3v) is 4.77. The fourth-order valence-electron chi connectivity index (χ4n) is 1.36. The smallest absolute Gasteiger partial charge is 0.266 e. The van der Waals surface area contributed by atoms with Gasteiger partial charge in [0.15, 0.2) is 0 Å². The van der Waals surface area contributed by atoms with Crippen molar-refractivity contribution in [2.24, 2.45) is 0 Å². The third-order valence-electron chi connectivity index (χ3n) is 2.25. The third kappa shape index (κ3) is 2.93. The van der Waals surface area contributed by atoms with Crippen LogP contribution in [0.25, 0.3) is 0 Å². The molecule has 0 saturated carbocycles. The molecule has 0 fully saturated rings. The monoisotopic (exact) mass is 389 g/mol. The van der Waals surface area contributed by atoms with Crippen LogP contribution in [0, 0.1) is 0 Å². The van der Waals surface area contributed by atoms with E-state index in [0.29, 0.717) is 16.3 Å². The summed E-state index contributed by atoms with van der Waals surface area (Å²) in [7, 11) is 1.59. The number of amides is 1. The van der Waals surface area contributed by atoms with Crippen molar-refractivity contribution >= 4 is 54.8 Å². The number of carbonyl (C=O) groups excluding carboxylic acids is 1. The average Bonchev–Trinajstić information content (AvgIpc) is 2.78. The van der Waals surface area contributed by atoms with Gasteiger partial charge in [-0.3, -0.25) is 4.79 Å². The van der Waals surface area contributed by atoms with E-state index in [1.54, 1.807) is 13.2 Å². The van der Waals surface area contributed by atoms with Crippen LogP contribution in [0.2, 0.25) is 0 Å². The van der Waals surface area contributed by atoms with E-state index in [2.05, 4.69) is 37.2 Å². The Hall–Kier alpha value is -0.850. The van der Waals surface area contributed by atoms with Crippen molar-refractivity contribution in [1.82, 2.24) is 0 Å². The summed E-state index contributed by atoms with van der Waals surface area (Å²) in [5.41, 5.74) is 0.680. The molecule has 6 heteroatoms. The van der Waals surface area contributed by atoms with Gasteiger partial charge in [0.05, 0.1) is 12.8 Å². The quantitative estimate of drug-likeness (QED) is 0.835. The molecule has 0 aliphatic rings. The van der Waals surface area contributed by atoms with Gasteiger partial charge in [0.2, 0.25) is 0 Å². The van der Waals surface area contributed by atoms with Crippen molar-refractivity contribution in [2.75, 3.05) is 12.4 Å². The molecule has 94 valence electrons. The van der Waals surface area contributed by atoms with Gasteiger partial charge in [-0.25, -0.2) is 0 Å². The van der Waals surface area contributed by atoms with Crippen LogP contribution in [-0.4, -0.2) is 13.0 Å². The summed E-state index contributed by atoms with van der Waals surface area (Å²) in [4.78, 5) is 12.7. The number of benzene rings is 1. The highest BCUT2D eigenvalue weighted by molar-refractivity contribution is 9.11. The Labute approximate surface area is 125 Å². The molecule has 0 saturated heterocycles. The molecule has 0 bridgehead atoms. The largest absolute Gasteiger partial charge is 0.497 e. The topological polar surface area (TPSA) is 38.3 Å². The Morgan fingerprint density at radius 2 is 2.06 bits per heavy atom. The SMILES string of the molecule is COc1ccc(Br)c(NC(=O)c2sccc2Br)c1. The Bertz CT molecular complexity index is 583. The maximum atomic E-state index is 12.1. The summed E-state index contributed by atoms with van der Waals surface area (Å²) >= 11 is 8.12. The van der Waals surface area contributed by atoms with Gasteiger partial charge in [0.25, 0.3) is 5.91 Å². The molecule has 0 aliphatic carbocycles. The number of ether oxygens (including phenoxy) is 1. The summed E-state index contributed by atoms with van der Waals surface area (Å²) in [6.45, 7) is 0. The van der Waals surface area contributed by atoms with Gasteiger partial charge in [0.1, 0.15) is 10.6 Å². The standard InChI is InChI=1S/C12H9Br2NO2S/c1-17-7-2-3-8(13)10(6-7)15-12(16)11-9(14)4-5-18-11/h2-6H,1H3,(H,15,16). The maximum absolute atomic E-state index is 12.1. The summed E-state index contributed by atoms with van der Waals surface area (Å²) in [6, 6.07) is 7.27. The van der Waals surface area contributed by atoms with Crippen LogP contribution in [0.5, 0.6) is 5.75 Å².